The Bertz CT molecular complexity index is 1380. The predicted molar refractivity (Wildman–Crippen MR) is 118 cm³/mol. The second kappa shape index (κ2) is 7.22. The maximum absolute atomic E-state index is 9.99. The van der Waals surface area contributed by atoms with Gasteiger partial charge in [-0.15, -0.1) is 0 Å². The van der Waals surface area contributed by atoms with E-state index in [4.69, 9.17) is 20.3 Å². The van der Waals surface area contributed by atoms with Gasteiger partial charge in [-0.1, -0.05) is 48.5 Å². The number of hydrogen-bond donors (Lipinski definition) is 1. The average Bonchev–Trinajstić information content (AvgIpc) is 3.14. The van der Waals surface area contributed by atoms with Crippen molar-refractivity contribution in [3.05, 3.63) is 95.0 Å². The van der Waals surface area contributed by atoms with Gasteiger partial charge in [0.2, 0.25) is 11.8 Å². The fourth-order valence-corrected chi connectivity index (χ4v) is 4.29. The van der Waals surface area contributed by atoms with Crippen LogP contribution in [0.1, 0.15) is 22.7 Å². The fraction of sp³-hybridized carbons (Fsp3) is 0.120. The van der Waals surface area contributed by atoms with Crippen molar-refractivity contribution in [2.75, 3.05) is 7.11 Å². The van der Waals surface area contributed by atoms with Crippen LogP contribution in [0.3, 0.4) is 0 Å². The number of aryl methyl sites for hydroxylation is 1. The molecular weight excluding hydrogens is 388 g/mol. The summed E-state index contributed by atoms with van der Waals surface area (Å²) in [6, 6.07) is 23.9. The van der Waals surface area contributed by atoms with Gasteiger partial charge in [-0.05, 0) is 36.1 Å². The lowest BCUT2D eigenvalue weighted by atomic mass is 9.82. The maximum Gasteiger partial charge on any atom is 0.229 e. The summed E-state index contributed by atoms with van der Waals surface area (Å²) in [6.07, 6.45) is 0. The van der Waals surface area contributed by atoms with Crippen LogP contribution in [-0.4, -0.2) is 16.9 Å². The largest absolute Gasteiger partial charge is 0.496 e. The fourth-order valence-electron chi connectivity index (χ4n) is 4.29. The first-order valence-electron chi connectivity index (χ1n) is 9.92. The van der Waals surface area contributed by atoms with Crippen LogP contribution >= 0.6 is 0 Å². The van der Waals surface area contributed by atoms with Crippen LogP contribution in [0.5, 0.6) is 11.6 Å². The van der Waals surface area contributed by atoms with Crippen molar-refractivity contribution in [1.82, 2.24) is 9.78 Å². The van der Waals surface area contributed by atoms with Crippen LogP contribution in [0.4, 0.5) is 0 Å². The molecule has 0 bridgehead atoms. The second-order valence-corrected chi connectivity index (χ2v) is 7.38. The monoisotopic (exact) mass is 408 g/mol. The van der Waals surface area contributed by atoms with E-state index in [2.05, 4.69) is 6.07 Å². The van der Waals surface area contributed by atoms with Gasteiger partial charge in [-0.3, -0.25) is 0 Å². The van der Waals surface area contributed by atoms with E-state index in [-0.39, 0.29) is 5.88 Å². The van der Waals surface area contributed by atoms with Crippen molar-refractivity contribution in [2.24, 2.45) is 5.73 Å². The third-order valence-electron chi connectivity index (χ3n) is 5.68. The lowest BCUT2D eigenvalue weighted by molar-refractivity contribution is 0.367. The minimum absolute atomic E-state index is 0.0944. The number of para-hydroxylation sites is 1. The van der Waals surface area contributed by atoms with Gasteiger partial charge in [0.1, 0.15) is 17.4 Å². The number of benzene rings is 3. The van der Waals surface area contributed by atoms with Gasteiger partial charge >= 0.3 is 0 Å². The molecule has 0 radical (unpaired) electrons. The molecule has 5 rings (SSSR count). The van der Waals surface area contributed by atoms with Crippen LogP contribution in [0.15, 0.2) is 78.2 Å². The zero-order valence-corrected chi connectivity index (χ0v) is 17.2. The summed E-state index contributed by atoms with van der Waals surface area (Å²) < 4.78 is 13.3. The summed E-state index contributed by atoms with van der Waals surface area (Å²) in [7, 11) is 1.65. The molecule has 0 unspecified atom stereocenters. The van der Waals surface area contributed by atoms with Crippen molar-refractivity contribution in [3.63, 3.8) is 0 Å². The number of rotatable bonds is 3. The van der Waals surface area contributed by atoms with Crippen LogP contribution in [0, 0.1) is 18.3 Å². The maximum atomic E-state index is 9.99. The molecule has 6 heteroatoms. The Balaban J connectivity index is 1.81. The van der Waals surface area contributed by atoms with Crippen molar-refractivity contribution in [3.8, 4) is 23.4 Å². The first-order valence-corrected chi connectivity index (χ1v) is 9.92. The molecule has 4 aromatic rings. The highest BCUT2D eigenvalue weighted by Crippen LogP contribution is 2.47. The molecule has 1 aliphatic rings. The van der Waals surface area contributed by atoms with E-state index in [0.717, 1.165) is 39.0 Å². The van der Waals surface area contributed by atoms with Crippen molar-refractivity contribution in [1.29, 1.82) is 5.26 Å². The van der Waals surface area contributed by atoms with Crippen LogP contribution in [0.25, 0.3) is 16.5 Å². The summed E-state index contributed by atoms with van der Waals surface area (Å²) in [5.74, 6) is 1.00. The number of allylic oxidation sites excluding steroid dienone is 1. The number of ether oxygens (including phenoxy) is 2. The van der Waals surface area contributed by atoms with Crippen molar-refractivity contribution < 1.29 is 9.47 Å². The summed E-state index contributed by atoms with van der Waals surface area (Å²) in [5.41, 5.74) is 10.1. The van der Waals surface area contributed by atoms with E-state index < -0.39 is 5.92 Å². The van der Waals surface area contributed by atoms with Gasteiger partial charge in [0.05, 0.1) is 30.0 Å². The van der Waals surface area contributed by atoms with Gasteiger partial charge in [0.15, 0.2) is 0 Å². The zero-order chi connectivity index (χ0) is 21.5. The van der Waals surface area contributed by atoms with Gasteiger partial charge in [0.25, 0.3) is 0 Å². The summed E-state index contributed by atoms with van der Waals surface area (Å²) in [6.45, 7) is 1.93. The SMILES string of the molecule is COc1ccc([C@H]2C(C#N)=C(N)Oc3c2c(C)nn3-c2ccccc2)c2ccccc12. The molecule has 152 valence electrons. The highest BCUT2D eigenvalue weighted by Gasteiger charge is 2.37. The normalized spacial score (nSPS) is 15.3. The van der Waals surface area contributed by atoms with E-state index in [0.29, 0.717) is 11.5 Å². The molecule has 0 aliphatic carbocycles. The van der Waals surface area contributed by atoms with Crippen LogP contribution < -0.4 is 15.2 Å². The Morgan fingerprint density at radius 2 is 1.74 bits per heavy atom. The molecule has 6 nitrogen and oxygen atoms in total. The number of fused-ring (bicyclic) bond motifs is 2. The second-order valence-electron chi connectivity index (χ2n) is 7.38. The molecule has 1 aliphatic heterocycles. The number of hydrogen-bond acceptors (Lipinski definition) is 5. The Morgan fingerprint density at radius 3 is 2.45 bits per heavy atom. The predicted octanol–water partition coefficient (Wildman–Crippen LogP) is 4.56. The van der Waals surface area contributed by atoms with E-state index in [9.17, 15) is 5.26 Å². The molecule has 0 saturated heterocycles. The number of nitrogens with two attached hydrogens (primary N) is 1. The van der Waals surface area contributed by atoms with Crippen molar-refractivity contribution in [2.45, 2.75) is 12.8 Å². The molecule has 31 heavy (non-hydrogen) atoms. The van der Waals surface area contributed by atoms with E-state index >= 15 is 0 Å². The third kappa shape index (κ3) is 2.82. The van der Waals surface area contributed by atoms with E-state index in [1.807, 2.05) is 73.7 Å². The highest BCUT2D eigenvalue weighted by atomic mass is 16.5. The lowest BCUT2D eigenvalue weighted by Gasteiger charge is -2.26. The third-order valence-corrected chi connectivity index (χ3v) is 5.68. The summed E-state index contributed by atoms with van der Waals surface area (Å²) >= 11 is 0. The summed E-state index contributed by atoms with van der Waals surface area (Å²) in [5, 5.41) is 16.7. The first-order chi connectivity index (χ1) is 15.1. The highest BCUT2D eigenvalue weighted by molar-refractivity contribution is 5.92. The minimum atomic E-state index is -0.401. The van der Waals surface area contributed by atoms with Crippen molar-refractivity contribution >= 4 is 10.8 Å². The van der Waals surface area contributed by atoms with Gasteiger partial charge < -0.3 is 15.2 Å². The molecule has 3 aromatic carbocycles. The number of aromatic nitrogens is 2. The molecular formula is C25H20N4O2. The van der Waals surface area contributed by atoms with E-state index in [1.54, 1.807) is 11.8 Å². The van der Waals surface area contributed by atoms with Gasteiger partial charge in [-0.2, -0.15) is 10.4 Å². The lowest BCUT2D eigenvalue weighted by Crippen LogP contribution is -2.22. The molecule has 2 heterocycles. The number of methoxy groups -OCH3 is 1. The first kappa shape index (κ1) is 18.8. The van der Waals surface area contributed by atoms with Gasteiger partial charge in [0, 0.05) is 5.39 Å². The molecule has 0 saturated carbocycles. The Labute approximate surface area is 179 Å². The van der Waals surface area contributed by atoms with Crippen LogP contribution in [0.2, 0.25) is 0 Å². The quantitative estimate of drug-likeness (QED) is 0.537. The molecule has 1 aromatic heterocycles. The van der Waals surface area contributed by atoms with E-state index in [1.165, 1.54) is 0 Å². The molecule has 0 amide bonds. The smallest absolute Gasteiger partial charge is 0.229 e. The van der Waals surface area contributed by atoms with Gasteiger partial charge in [-0.25, -0.2) is 4.68 Å². The average molecular weight is 408 g/mol. The minimum Gasteiger partial charge on any atom is -0.496 e. The Hall–Kier alpha value is -4.24. The Kier molecular flexibility index (Phi) is 4.37. The van der Waals surface area contributed by atoms with Crippen LogP contribution in [-0.2, 0) is 0 Å². The molecule has 1 atom stereocenters. The Morgan fingerprint density at radius 1 is 1.03 bits per heavy atom. The standard InChI is InChI=1S/C25H20N4O2/c1-15-22-23(19-12-13-21(30-2)18-11-7-6-10-17(18)19)20(14-26)24(27)31-25(22)29(28-15)16-8-4-3-5-9-16/h3-13,23H,27H2,1-2H3/t23-/m0/s1. The zero-order valence-electron chi connectivity index (χ0n) is 17.2. The summed E-state index contributed by atoms with van der Waals surface area (Å²) in [4.78, 5) is 0. The number of nitriles is 1. The molecule has 0 fully saturated rings. The number of nitrogens with zero attached hydrogens (tertiary/aromatic N) is 3. The topological polar surface area (TPSA) is 86.1 Å². The molecule has 0 spiro atoms. The molecule has 2 N–H and O–H groups in total.